The van der Waals surface area contributed by atoms with E-state index in [4.69, 9.17) is 32.4 Å². The van der Waals surface area contributed by atoms with Crippen LogP contribution in [0.25, 0.3) is 22.3 Å². The highest BCUT2D eigenvalue weighted by atomic mass is 32.1. The Morgan fingerprint density at radius 3 is 2.50 bits per heavy atom. The number of nitrogens with one attached hydrogen (secondary N) is 6. The van der Waals surface area contributed by atoms with Crippen molar-refractivity contribution >= 4 is 58.6 Å². The first-order valence-electron chi connectivity index (χ1n) is 24.5. The molecule has 3 aromatic heterocycles. The number of esters is 1. The Labute approximate surface area is 421 Å². The first-order valence-corrected chi connectivity index (χ1v) is 24.9. The van der Waals surface area contributed by atoms with Crippen molar-refractivity contribution in [2.24, 2.45) is 11.7 Å². The Kier molecular flexibility index (Phi) is 19.2. The first-order chi connectivity index (χ1) is 34.5. The number of pyridine rings is 2. The fourth-order valence-electron chi connectivity index (χ4n) is 8.80. The number of rotatable bonds is 26. The molecule has 9 N–H and O–H groups in total. The third-order valence-corrected chi connectivity index (χ3v) is 13.2. The first kappa shape index (κ1) is 54.8. The van der Waals surface area contributed by atoms with Crippen LogP contribution >= 0.6 is 12.2 Å². The summed E-state index contributed by atoms with van der Waals surface area (Å²) in [5.41, 5.74) is 7.49. The number of unbranched alkanes of at least 4 members (excludes halogenated alkanes) is 4. The Morgan fingerprint density at radius 1 is 0.986 bits per heavy atom. The number of aromatic amines is 1. The third kappa shape index (κ3) is 13.3. The average molecular weight is 1020 g/mol. The van der Waals surface area contributed by atoms with Crippen LogP contribution in [0, 0.1) is 23.4 Å². The summed E-state index contributed by atoms with van der Waals surface area (Å²) in [7, 11) is 0. The van der Waals surface area contributed by atoms with E-state index in [9.17, 15) is 43.1 Å². The number of carbonyl (C=O) groups excluding carboxylic acids is 6. The molecule has 0 saturated heterocycles. The van der Waals surface area contributed by atoms with E-state index in [0.717, 1.165) is 16.5 Å². The van der Waals surface area contributed by atoms with Gasteiger partial charge in [-0.2, -0.15) is 0 Å². The van der Waals surface area contributed by atoms with Gasteiger partial charge >= 0.3 is 5.97 Å². The summed E-state index contributed by atoms with van der Waals surface area (Å²) in [5.74, 6) is -3.80. The van der Waals surface area contributed by atoms with Crippen LogP contribution in [0.1, 0.15) is 123 Å². The summed E-state index contributed by atoms with van der Waals surface area (Å²) < 4.78 is 27.6. The van der Waals surface area contributed by atoms with E-state index in [1.54, 1.807) is 44.4 Å². The lowest BCUT2D eigenvalue weighted by molar-refractivity contribution is -0.172. The molecule has 0 spiro atoms. The summed E-state index contributed by atoms with van der Waals surface area (Å²) in [5, 5.41) is 25.6. The molecule has 388 valence electrons. The van der Waals surface area contributed by atoms with Crippen molar-refractivity contribution in [3.8, 4) is 11.4 Å². The Hall–Kier alpha value is -6.49. The van der Waals surface area contributed by atoms with Crippen molar-refractivity contribution in [3.05, 3.63) is 84.9 Å². The zero-order valence-corrected chi connectivity index (χ0v) is 42.0. The van der Waals surface area contributed by atoms with Gasteiger partial charge in [-0.25, -0.2) is 19.2 Å². The van der Waals surface area contributed by atoms with E-state index >= 15 is 0 Å². The Balaban J connectivity index is 0.948. The number of nitrogens with two attached hydrogens (primary N) is 1. The van der Waals surface area contributed by atoms with Crippen LogP contribution in [0.4, 0.5) is 4.39 Å². The second-order valence-corrected chi connectivity index (χ2v) is 18.9. The number of halogens is 1. The zero-order chi connectivity index (χ0) is 52.1. The minimum absolute atomic E-state index is 0.000719. The minimum atomic E-state index is -1.99. The van der Waals surface area contributed by atoms with Gasteiger partial charge in [-0.3, -0.25) is 28.8 Å². The van der Waals surface area contributed by atoms with Gasteiger partial charge in [-0.05, 0) is 113 Å². The van der Waals surface area contributed by atoms with Gasteiger partial charge in [0.1, 0.15) is 31.2 Å². The summed E-state index contributed by atoms with van der Waals surface area (Å²) >= 11 is 4.89. The molecule has 20 nitrogen and oxygen atoms in total. The molecule has 1 aromatic carbocycles. The fraction of sp³-hybridized carbons (Fsp3) is 0.520. The molecular weight excluding hydrogens is 952 g/mol. The molecule has 0 unspecified atom stereocenters. The molecular formula is C50H65FN10O10S. The monoisotopic (exact) mass is 1020 g/mol. The number of ether oxygens (including phenoxy) is 2. The molecule has 2 aliphatic heterocycles. The third-order valence-electron chi connectivity index (χ3n) is 13.0. The number of H-pyrrole nitrogens is 1. The predicted molar refractivity (Wildman–Crippen MR) is 266 cm³/mol. The van der Waals surface area contributed by atoms with Crippen molar-refractivity contribution in [1.82, 2.24) is 46.1 Å². The number of benzene rings is 1. The fourth-order valence-corrected chi connectivity index (χ4v) is 8.91. The standard InChI is InChI=1S/C50H65FN10O10S/c1-5-50(69)35-20-39-43-33(25-61(39)47(67)34(35)26-71-48(50)68)31(32-19-29(4)36(51)21-38(32)58-43)13-9-12-18-70-27-57-41(63)24-54-45(65)37(14-8-10-16-52)59-46(66)42(28(2)3)60-40(62)15-7-6-11-17-53-44(64)30-22-55-49(72)56-23-30/h19-23,28,37,42,69H,5-18,24-27,52H2,1-4H3,(H,53,64)(H,54,65)(H,57,63)(H,59,66)(H,60,62)(H,55,56,72)/t37-,42-,50+/m0/s1. The quantitative estimate of drug-likeness (QED) is 0.0171. The molecule has 5 amide bonds. The van der Waals surface area contributed by atoms with E-state index in [1.807, 2.05) is 0 Å². The molecule has 6 rings (SSSR count). The van der Waals surface area contributed by atoms with Gasteiger partial charge in [0.15, 0.2) is 10.4 Å². The van der Waals surface area contributed by atoms with Crippen LogP contribution in [0.2, 0.25) is 0 Å². The van der Waals surface area contributed by atoms with Crippen LogP contribution in [0.5, 0.6) is 0 Å². The molecule has 5 heterocycles. The van der Waals surface area contributed by atoms with Gasteiger partial charge in [-0.1, -0.05) is 27.2 Å². The minimum Gasteiger partial charge on any atom is -0.458 e. The largest absolute Gasteiger partial charge is 0.458 e. The molecule has 0 radical (unpaired) electrons. The highest BCUT2D eigenvalue weighted by Gasteiger charge is 2.45. The highest BCUT2D eigenvalue weighted by Crippen LogP contribution is 2.41. The van der Waals surface area contributed by atoms with Gasteiger partial charge in [0.25, 0.3) is 11.5 Å². The van der Waals surface area contributed by atoms with Crippen molar-refractivity contribution in [1.29, 1.82) is 0 Å². The lowest BCUT2D eigenvalue weighted by atomic mass is 9.86. The van der Waals surface area contributed by atoms with Crippen molar-refractivity contribution in [2.45, 2.75) is 129 Å². The summed E-state index contributed by atoms with van der Waals surface area (Å²) in [4.78, 5) is 103. The number of aryl methyl sites for hydroxylation is 2. The number of hydrogen-bond acceptors (Lipinski definition) is 14. The second-order valence-electron chi connectivity index (χ2n) is 18.5. The van der Waals surface area contributed by atoms with E-state index in [-0.39, 0.29) is 85.9 Å². The second kappa shape index (κ2) is 25.3. The van der Waals surface area contributed by atoms with E-state index in [1.165, 1.54) is 18.5 Å². The van der Waals surface area contributed by atoms with Crippen molar-refractivity contribution in [3.63, 3.8) is 0 Å². The Morgan fingerprint density at radius 2 is 1.78 bits per heavy atom. The van der Waals surface area contributed by atoms with Crippen molar-refractivity contribution in [2.75, 3.05) is 33.0 Å². The molecule has 22 heteroatoms. The Bertz CT molecular complexity index is 2780. The molecule has 0 aliphatic carbocycles. The summed E-state index contributed by atoms with van der Waals surface area (Å²) in [6, 6.07) is 2.83. The van der Waals surface area contributed by atoms with Gasteiger partial charge in [-0.15, -0.1) is 0 Å². The maximum atomic E-state index is 14.9. The SMILES string of the molecule is CC[C@]1(O)C(=O)OCc2c1cc1n(c2=O)Cc2c-1nc1cc(F)c(C)cc1c2CCCCOCNC(=O)CNC(=O)[C@H](CCCCN)NC(=O)[C@@H](NC(=O)CCCCCNC(=O)c1cnc(=S)[nH]c1)C(C)C. The predicted octanol–water partition coefficient (Wildman–Crippen LogP) is 3.25. The van der Waals surface area contributed by atoms with Gasteiger partial charge in [0.05, 0.1) is 41.1 Å². The van der Waals surface area contributed by atoms with E-state index in [2.05, 4.69) is 36.6 Å². The molecule has 3 atom stereocenters. The normalized spacial score (nSPS) is 15.5. The number of aliphatic hydroxyl groups is 1. The number of cyclic esters (lactones) is 1. The maximum Gasteiger partial charge on any atom is 0.343 e. The van der Waals surface area contributed by atoms with Crippen LogP contribution in [-0.2, 0) is 58.6 Å². The van der Waals surface area contributed by atoms with Gasteiger partial charge in [0, 0.05) is 54.5 Å². The van der Waals surface area contributed by atoms with Gasteiger partial charge in [0.2, 0.25) is 23.6 Å². The molecule has 72 heavy (non-hydrogen) atoms. The van der Waals surface area contributed by atoms with Crippen LogP contribution in [-0.4, -0.2) is 105 Å². The molecule has 4 aromatic rings. The van der Waals surface area contributed by atoms with Crippen molar-refractivity contribution < 1.29 is 47.7 Å². The number of nitrogens with zero attached hydrogens (tertiary/aromatic N) is 3. The van der Waals surface area contributed by atoms with Gasteiger partial charge < -0.3 is 56.4 Å². The lowest BCUT2D eigenvalue weighted by Gasteiger charge is -2.31. The number of amides is 5. The van der Waals surface area contributed by atoms with Crippen LogP contribution in [0.15, 0.2) is 35.4 Å². The summed E-state index contributed by atoms with van der Waals surface area (Å²) in [6.45, 7) is 7.34. The van der Waals surface area contributed by atoms with E-state index in [0.29, 0.717) is 92.5 Å². The topological polar surface area (TPSA) is 291 Å². The summed E-state index contributed by atoms with van der Waals surface area (Å²) in [6.07, 6.45) is 7.96. The smallest absolute Gasteiger partial charge is 0.343 e. The number of aromatic nitrogens is 4. The van der Waals surface area contributed by atoms with Crippen LogP contribution < -0.4 is 37.9 Å². The molecule has 2 aliphatic rings. The molecule has 0 saturated carbocycles. The highest BCUT2D eigenvalue weighted by molar-refractivity contribution is 7.71. The zero-order valence-electron chi connectivity index (χ0n) is 41.2. The number of fused-ring (bicyclic) bond motifs is 5. The number of hydrogen-bond donors (Lipinski definition) is 8. The molecule has 0 bridgehead atoms. The maximum absolute atomic E-state index is 14.9. The molecule has 0 fully saturated rings. The van der Waals surface area contributed by atoms with E-state index < -0.39 is 52.8 Å². The average Bonchev–Trinajstić information content (AvgIpc) is 3.72. The number of carbonyl (C=O) groups is 6. The van der Waals surface area contributed by atoms with Crippen LogP contribution in [0.3, 0.4) is 0 Å². The lowest BCUT2D eigenvalue weighted by Crippen LogP contribution is -2.56.